The third-order valence-electron chi connectivity index (χ3n) is 4.31. The fourth-order valence-corrected chi connectivity index (χ4v) is 4.08. The lowest BCUT2D eigenvalue weighted by Gasteiger charge is -2.19. The van der Waals surface area contributed by atoms with Crippen LogP contribution in [0.1, 0.15) is 5.56 Å². The van der Waals surface area contributed by atoms with Gasteiger partial charge in [0, 0.05) is 0 Å². The predicted octanol–water partition coefficient (Wildman–Crippen LogP) is 3.22. The summed E-state index contributed by atoms with van der Waals surface area (Å²) in [5.41, 5.74) is 1.31. The quantitative estimate of drug-likeness (QED) is 0.597. The van der Waals surface area contributed by atoms with E-state index in [4.69, 9.17) is 4.74 Å². The molecule has 3 aromatic rings. The molecule has 0 fully saturated rings. The van der Waals surface area contributed by atoms with Crippen molar-refractivity contribution in [2.45, 2.75) is 17.4 Å². The maximum absolute atomic E-state index is 13.0. The minimum atomic E-state index is -3.87. The van der Waals surface area contributed by atoms with Gasteiger partial charge < -0.3 is 10.1 Å². The molecule has 6 nitrogen and oxygen atoms in total. The minimum Gasteiger partial charge on any atom is -0.495 e. The molecule has 0 unspecified atom stereocenters. The third kappa shape index (κ3) is 5.43. The van der Waals surface area contributed by atoms with Crippen LogP contribution in [0.2, 0.25) is 0 Å². The molecule has 0 saturated heterocycles. The molecule has 29 heavy (non-hydrogen) atoms. The van der Waals surface area contributed by atoms with Crippen molar-refractivity contribution in [2.75, 3.05) is 12.4 Å². The third-order valence-corrected chi connectivity index (χ3v) is 5.80. The number of rotatable bonds is 8. The van der Waals surface area contributed by atoms with Gasteiger partial charge in [-0.25, -0.2) is 8.42 Å². The van der Waals surface area contributed by atoms with Crippen LogP contribution in [0.3, 0.4) is 0 Å². The molecule has 0 aliphatic carbocycles. The number of benzene rings is 3. The van der Waals surface area contributed by atoms with Gasteiger partial charge in [0.1, 0.15) is 11.8 Å². The zero-order valence-electron chi connectivity index (χ0n) is 15.9. The van der Waals surface area contributed by atoms with E-state index in [0.29, 0.717) is 11.4 Å². The largest absolute Gasteiger partial charge is 0.495 e. The molecule has 0 aromatic heterocycles. The molecular weight excluding hydrogens is 388 g/mol. The van der Waals surface area contributed by atoms with E-state index in [2.05, 4.69) is 10.0 Å². The number of para-hydroxylation sites is 2. The van der Waals surface area contributed by atoms with E-state index in [1.165, 1.54) is 19.2 Å². The van der Waals surface area contributed by atoms with Crippen LogP contribution in [0.25, 0.3) is 0 Å². The summed E-state index contributed by atoms with van der Waals surface area (Å²) in [6.45, 7) is 0. The Kier molecular flexibility index (Phi) is 6.64. The molecule has 0 radical (unpaired) electrons. The fraction of sp³-hybridized carbons (Fsp3) is 0.136. The van der Waals surface area contributed by atoms with Gasteiger partial charge in [-0.05, 0) is 36.2 Å². The highest BCUT2D eigenvalue weighted by atomic mass is 32.2. The number of methoxy groups -OCH3 is 1. The summed E-state index contributed by atoms with van der Waals surface area (Å²) in [6, 6.07) is 23.2. The molecule has 3 rings (SSSR count). The van der Waals surface area contributed by atoms with E-state index < -0.39 is 22.0 Å². The second-order valence-corrected chi connectivity index (χ2v) is 8.08. The van der Waals surface area contributed by atoms with Gasteiger partial charge in [0.05, 0.1) is 17.7 Å². The molecule has 0 bridgehead atoms. The zero-order chi connectivity index (χ0) is 20.7. The fourth-order valence-electron chi connectivity index (χ4n) is 2.86. The summed E-state index contributed by atoms with van der Waals surface area (Å²) in [5, 5.41) is 2.76. The molecule has 1 atom stereocenters. The van der Waals surface area contributed by atoms with Gasteiger partial charge in [-0.2, -0.15) is 4.72 Å². The highest BCUT2D eigenvalue weighted by Gasteiger charge is 2.26. The summed E-state index contributed by atoms with van der Waals surface area (Å²) in [4.78, 5) is 13.1. The van der Waals surface area contributed by atoms with Crippen molar-refractivity contribution in [3.63, 3.8) is 0 Å². The Morgan fingerprint density at radius 1 is 0.897 bits per heavy atom. The van der Waals surface area contributed by atoms with Crippen molar-refractivity contribution in [3.05, 3.63) is 90.5 Å². The van der Waals surface area contributed by atoms with Crippen LogP contribution in [0.5, 0.6) is 5.75 Å². The van der Waals surface area contributed by atoms with Crippen LogP contribution in [0, 0.1) is 0 Å². The summed E-state index contributed by atoms with van der Waals surface area (Å²) in [7, 11) is -2.37. The molecule has 0 aliphatic rings. The highest BCUT2D eigenvalue weighted by Crippen LogP contribution is 2.23. The van der Waals surface area contributed by atoms with Gasteiger partial charge in [0.25, 0.3) is 0 Å². The summed E-state index contributed by atoms with van der Waals surface area (Å²) >= 11 is 0. The van der Waals surface area contributed by atoms with Crippen LogP contribution in [-0.2, 0) is 21.2 Å². The minimum absolute atomic E-state index is 0.100. The van der Waals surface area contributed by atoms with Crippen molar-refractivity contribution in [1.29, 1.82) is 0 Å². The number of ether oxygens (including phenoxy) is 1. The molecule has 0 aliphatic heterocycles. The van der Waals surface area contributed by atoms with E-state index in [1.54, 1.807) is 42.5 Å². The first-order valence-corrected chi connectivity index (χ1v) is 10.5. The Bertz CT molecular complexity index is 1050. The number of anilines is 1. The van der Waals surface area contributed by atoms with Crippen LogP contribution in [0.4, 0.5) is 5.69 Å². The Labute approximate surface area is 170 Å². The number of hydrogen-bond donors (Lipinski definition) is 2. The van der Waals surface area contributed by atoms with Gasteiger partial charge in [-0.3, -0.25) is 4.79 Å². The van der Waals surface area contributed by atoms with Gasteiger partial charge in [-0.15, -0.1) is 0 Å². The Morgan fingerprint density at radius 3 is 2.14 bits per heavy atom. The predicted molar refractivity (Wildman–Crippen MR) is 112 cm³/mol. The average molecular weight is 410 g/mol. The zero-order valence-corrected chi connectivity index (χ0v) is 16.7. The molecule has 0 heterocycles. The van der Waals surface area contributed by atoms with E-state index in [1.807, 2.05) is 30.3 Å². The van der Waals surface area contributed by atoms with Crippen molar-refractivity contribution < 1.29 is 17.9 Å². The number of hydrogen-bond acceptors (Lipinski definition) is 4. The molecule has 150 valence electrons. The van der Waals surface area contributed by atoms with Gasteiger partial charge in [0.2, 0.25) is 15.9 Å². The monoisotopic (exact) mass is 410 g/mol. The summed E-state index contributed by atoms with van der Waals surface area (Å²) in [5.74, 6) is 0.0167. The van der Waals surface area contributed by atoms with Crippen molar-refractivity contribution in [1.82, 2.24) is 4.72 Å². The lowest BCUT2D eigenvalue weighted by Crippen LogP contribution is -2.45. The maximum Gasteiger partial charge on any atom is 0.243 e. The van der Waals surface area contributed by atoms with E-state index in [-0.39, 0.29) is 11.3 Å². The van der Waals surface area contributed by atoms with Crippen LogP contribution >= 0.6 is 0 Å². The first-order valence-electron chi connectivity index (χ1n) is 9.05. The molecule has 3 aromatic carbocycles. The molecular formula is C22H22N2O4S. The maximum atomic E-state index is 13.0. The lowest BCUT2D eigenvalue weighted by molar-refractivity contribution is -0.117. The second-order valence-electron chi connectivity index (χ2n) is 6.37. The first-order chi connectivity index (χ1) is 14.0. The van der Waals surface area contributed by atoms with Crippen LogP contribution < -0.4 is 14.8 Å². The standard InChI is InChI=1S/C22H22N2O4S/c1-28-21-15-9-8-14-19(21)23-22(25)20(16-17-10-4-2-5-11-17)24-29(26,27)18-12-6-3-7-13-18/h2-15,20,24H,16H2,1H3,(H,23,25)/t20-/m0/s1. The topological polar surface area (TPSA) is 84.5 Å². The number of carbonyl (C=O) groups excluding carboxylic acids is 1. The number of carbonyl (C=O) groups is 1. The van der Waals surface area contributed by atoms with Gasteiger partial charge in [-0.1, -0.05) is 60.7 Å². The molecule has 7 heteroatoms. The SMILES string of the molecule is COc1ccccc1NC(=O)[C@H](Cc1ccccc1)NS(=O)(=O)c1ccccc1. The first kappa shape index (κ1) is 20.6. The highest BCUT2D eigenvalue weighted by molar-refractivity contribution is 7.89. The summed E-state index contributed by atoms with van der Waals surface area (Å²) < 4.78 is 33.4. The van der Waals surface area contributed by atoms with E-state index in [9.17, 15) is 13.2 Å². The van der Waals surface area contributed by atoms with Crippen LogP contribution in [-0.4, -0.2) is 27.5 Å². The number of sulfonamides is 1. The normalized spacial score (nSPS) is 12.2. The lowest BCUT2D eigenvalue weighted by atomic mass is 10.1. The van der Waals surface area contributed by atoms with Crippen molar-refractivity contribution >= 4 is 21.6 Å². The smallest absolute Gasteiger partial charge is 0.243 e. The molecule has 0 saturated carbocycles. The molecule has 0 spiro atoms. The Balaban J connectivity index is 1.87. The van der Waals surface area contributed by atoms with E-state index in [0.717, 1.165) is 5.56 Å². The average Bonchev–Trinajstić information content (AvgIpc) is 2.75. The molecule has 1 amide bonds. The Morgan fingerprint density at radius 2 is 1.48 bits per heavy atom. The Hall–Kier alpha value is -3.16. The number of amides is 1. The van der Waals surface area contributed by atoms with Crippen molar-refractivity contribution in [2.24, 2.45) is 0 Å². The molecule has 2 N–H and O–H groups in total. The van der Waals surface area contributed by atoms with Gasteiger partial charge in [0.15, 0.2) is 0 Å². The van der Waals surface area contributed by atoms with Crippen LogP contribution in [0.15, 0.2) is 89.8 Å². The van der Waals surface area contributed by atoms with Crippen molar-refractivity contribution in [3.8, 4) is 5.75 Å². The number of nitrogens with one attached hydrogen (secondary N) is 2. The second kappa shape index (κ2) is 9.36. The summed E-state index contributed by atoms with van der Waals surface area (Å²) in [6.07, 6.45) is 0.202. The van der Waals surface area contributed by atoms with E-state index >= 15 is 0 Å². The van der Waals surface area contributed by atoms with Gasteiger partial charge >= 0.3 is 0 Å².